The maximum atomic E-state index is 13.1. The molecule has 22 heavy (non-hydrogen) atoms. The van der Waals surface area contributed by atoms with E-state index in [2.05, 4.69) is 10.4 Å². The van der Waals surface area contributed by atoms with Gasteiger partial charge in [-0.15, -0.1) is 0 Å². The van der Waals surface area contributed by atoms with Crippen molar-refractivity contribution in [2.45, 2.75) is 0 Å². The van der Waals surface area contributed by atoms with Gasteiger partial charge >= 0.3 is 0 Å². The third kappa shape index (κ3) is 2.99. The Morgan fingerprint density at radius 1 is 1.14 bits per heavy atom. The minimum Gasteiger partial charge on any atom is -0.321 e. The number of nitrogens with zero attached hydrogens (tertiary/aromatic N) is 2. The van der Waals surface area contributed by atoms with E-state index >= 15 is 0 Å². The van der Waals surface area contributed by atoms with Gasteiger partial charge < -0.3 is 5.32 Å². The third-order valence-corrected chi connectivity index (χ3v) is 3.31. The highest BCUT2D eigenvalue weighted by atomic mass is 35.5. The fourth-order valence-corrected chi connectivity index (χ4v) is 2.12. The van der Waals surface area contributed by atoms with Crippen LogP contribution in [0.25, 0.3) is 5.69 Å². The molecule has 0 spiro atoms. The molecule has 0 radical (unpaired) electrons. The fraction of sp³-hybridized carbons (Fsp3) is 0. The molecule has 1 heterocycles. The molecule has 6 heteroatoms. The molecule has 1 amide bonds. The topological polar surface area (TPSA) is 46.9 Å². The summed E-state index contributed by atoms with van der Waals surface area (Å²) in [6.45, 7) is 0. The van der Waals surface area contributed by atoms with Gasteiger partial charge in [-0.3, -0.25) is 4.79 Å². The van der Waals surface area contributed by atoms with Crippen molar-refractivity contribution in [3.8, 4) is 5.69 Å². The first-order valence-electron chi connectivity index (χ1n) is 6.51. The Morgan fingerprint density at radius 3 is 2.64 bits per heavy atom. The molecule has 0 saturated carbocycles. The number of aromatic nitrogens is 2. The summed E-state index contributed by atoms with van der Waals surface area (Å²) >= 11 is 5.68. The van der Waals surface area contributed by atoms with Crippen LogP contribution >= 0.6 is 11.6 Å². The average molecular weight is 316 g/mol. The van der Waals surface area contributed by atoms with E-state index in [1.54, 1.807) is 16.9 Å². The Balaban J connectivity index is 1.78. The van der Waals surface area contributed by atoms with Gasteiger partial charge in [0.1, 0.15) is 5.82 Å². The normalized spacial score (nSPS) is 10.5. The fourth-order valence-electron chi connectivity index (χ4n) is 1.94. The highest BCUT2D eigenvalue weighted by Crippen LogP contribution is 2.19. The number of hydrogen-bond acceptors (Lipinski definition) is 2. The number of para-hydroxylation sites is 1. The maximum Gasteiger partial charge on any atom is 0.276 e. The van der Waals surface area contributed by atoms with Crippen LogP contribution in [0.4, 0.5) is 10.1 Å². The zero-order valence-corrected chi connectivity index (χ0v) is 12.1. The Bertz CT molecular complexity index is 817. The quantitative estimate of drug-likeness (QED) is 0.796. The number of amides is 1. The van der Waals surface area contributed by atoms with E-state index in [4.69, 9.17) is 11.6 Å². The molecule has 0 atom stereocenters. The van der Waals surface area contributed by atoms with Gasteiger partial charge in [-0.05, 0) is 36.4 Å². The highest BCUT2D eigenvalue weighted by molar-refractivity contribution is 6.31. The predicted octanol–water partition coefficient (Wildman–Crippen LogP) is 3.92. The summed E-state index contributed by atoms with van der Waals surface area (Å²) < 4.78 is 14.7. The second kappa shape index (κ2) is 5.99. The monoisotopic (exact) mass is 315 g/mol. The van der Waals surface area contributed by atoms with Crippen LogP contribution in [0.15, 0.2) is 60.8 Å². The van der Waals surface area contributed by atoms with Crippen molar-refractivity contribution in [3.63, 3.8) is 0 Å². The standard InChI is InChI=1S/C16H11ClFN3O/c17-13-10-11(6-7-14(13)18)19-16(22)15-8-9-21(20-15)12-4-2-1-3-5-12/h1-10H,(H,19,22). The van der Waals surface area contributed by atoms with Gasteiger partial charge in [0.2, 0.25) is 0 Å². The van der Waals surface area contributed by atoms with E-state index < -0.39 is 11.7 Å². The van der Waals surface area contributed by atoms with E-state index in [-0.39, 0.29) is 10.7 Å². The van der Waals surface area contributed by atoms with E-state index in [0.29, 0.717) is 5.69 Å². The molecule has 0 fully saturated rings. The number of carbonyl (C=O) groups excluding carboxylic acids is 1. The molecule has 0 bridgehead atoms. The Labute approximate surface area is 131 Å². The summed E-state index contributed by atoms with van der Waals surface area (Å²) in [4.78, 5) is 12.1. The zero-order chi connectivity index (χ0) is 15.5. The summed E-state index contributed by atoms with van der Waals surface area (Å²) in [5.41, 5.74) is 1.52. The molecule has 0 aliphatic rings. The van der Waals surface area contributed by atoms with Gasteiger partial charge in [0.05, 0.1) is 10.7 Å². The van der Waals surface area contributed by atoms with Crippen molar-refractivity contribution in [1.29, 1.82) is 0 Å². The average Bonchev–Trinajstić information content (AvgIpc) is 3.02. The smallest absolute Gasteiger partial charge is 0.276 e. The van der Waals surface area contributed by atoms with Gasteiger partial charge in [-0.25, -0.2) is 9.07 Å². The van der Waals surface area contributed by atoms with Crippen LogP contribution in [0.3, 0.4) is 0 Å². The molecule has 110 valence electrons. The van der Waals surface area contributed by atoms with E-state index in [1.807, 2.05) is 30.3 Å². The molecule has 0 unspecified atom stereocenters. The SMILES string of the molecule is O=C(Nc1ccc(F)c(Cl)c1)c1ccn(-c2ccccc2)n1. The minimum atomic E-state index is -0.534. The predicted molar refractivity (Wildman–Crippen MR) is 82.9 cm³/mol. The summed E-state index contributed by atoms with van der Waals surface area (Å²) in [5.74, 6) is -0.926. The number of anilines is 1. The molecule has 4 nitrogen and oxygen atoms in total. The summed E-state index contributed by atoms with van der Waals surface area (Å²) in [5, 5.41) is 6.79. The Morgan fingerprint density at radius 2 is 1.91 bits per heavy atom. The molecule has 3 aromatic rings. The number of nitrogens with one attached hydrogen (secondary N) is 1. The minimum absolute atomic E-state index is 0.0485. The van der Waals surface area contributed by atoms with Crippen molar-refractivity contribution >= 4 is 23.2 Å². The van der Waals surface area contributed by atoms with Crippen LogP contribution < -0.4 is 5.32 Å². The lowest BCUT2D eigenvalue weighted by Gasteiger charge is -2.04. The van der Waals surface area contributed by atoms with Gasteiger partial charge in [-0.2, -0.15) is 5.10 Å². The number of halogens is 2. The second-order valence-electron chi connectivity index (χ2n) is 4.56. The molecule has 1 N–H and O–H groups in total. The lowest BCUT2D eigenvalue weighted by atomic mass is 10.3. The number of hydrogen-bond donors (Lipinski definition) is 1. The van der Waals surface area contributed by atoms with Gasteiger partial charge in [0.15, 0.2) is 5.69 Å². The van der Waals surface area contributed by atoms with Crippen LogP contribution in [0.1, 0.15) is 10.5 Å². The largest absolute Gasteiger partial charge is 0.321 e. The summed E-state index contributed by atoms with van der Waals surface area (Å²) in [6, 6.07) is 15.0. The van der Waals surface area contributed by atoms with Crippen LogP contribution in [0, 0.1) is 5.82 Å². The first kappa shape index (κ1) is 14.3. The van der Waals surface area contributed by atoms with Crippen molar-refractivity contribution in [2.24, 2.45) is 0 Å². The summed E-state index contributed by atoms with van der Waals surface area (Å²) in [6.07, 6.45) is 1.70. The van der Waals surface area contributed by atoms with Gasteiger partial charge in [0, 0.05) is 11.9 Å². The molecular formula is C16H11ClFN3O. The summed E-state index contributed by atoms with van der Waals surface area (Å²) in [7, 11) is 0. The Hall–Kier alpha value is -2.66. The van der Waals surface area contributed by atoms with Crippen LogP contribution in [0.5, 0.6) is 0 Å². The van der Waals surface area contributed by atoms with Crippen LogP contribution in [0.2, 0.25) is 5.02 Å². The van der Waals surface area contributed by atoms with Crippen LogP contribution in [-0.2, 0) is 0 Å². The first-order chi connectivity index (χ1) is 10.6. The van der Waals surface area contributed by atoms with E-state index in [0.717, 1.165) is 5.69 Å². The number of carbonyl (C=O) groups is 1. The van der Waals surface area contributed by atoms with Crippen molar-refractivity contribution < 1.29 is 9.18 Å². The second-order valence-corrected chi connectivity index (χ2v) is 4.97. The van der Waals surface area contributed by atoms with Gasteiger partial charge in [0.25, 0.3) is 5.91 Å². The maximum absolute atomic E-state index is 13.1. The lowest BCUT2D eigenvalue weighted by Crippen LogP contribution is -2.13. The molecule has 2 aromatic carbocycles. The Kier molecular flexibility index (Phi) is 3.89. The van der Waals surface area contributed by atoms with Crippen molar-refractivity contribution in [2.75, 3.05) is 5.32 Å². The van der Waals surface area contributed by atoms with Crippen molar-refractivity contribution in [1.82, 2.24) is 9.78 Å². The highest BCUT2D eigenvalue weighted by Gasteiger charge is 2.11. The lowest BCUT2D eigenvalue weighted by molar-refractivity contribution is 0.102. The molecule has 0 aliphatic carbocycles. The number of benzene rings is 2. The molecule has 3 rings (SSSR count). The zero-order valence-electron chi connectivity index (χ0n) is 11.3. The van der Waals surface area contributed by atoms with E-state index in [1.165, 1.54) is 18.2 Å². The molecular weight excluding hydrogens is 305 g/mol. The van der Waals surface area contributed by atoms with Crippen LogP contribution in [-0.4, -0.2) is 15.7 Å². The first-order valence-corrected chi connectivity index (χ1v) is 6.89. The molecule has 0 saturated heterocycles. The van der Waals surface area contributed by atoms with Gasteiger partial charge in [-0.1, -0.05) is 29.8 Å². The molecule has 0 aliphatic heterocycles. The van der Waals surface area contributed by atoms with Crippen molar-refractivity contribution in [3.05, 3.63) is 77.3 Å². The third-order valence-electron chi connectivity index (χ3n) is 3.02. The molecule has 1 aromatic heterocycles. The van der Waals surface area contributed by atoms with E-state index in [9.17, 15) is 9.18 Å². The number of rotatable bonds is 3.